The molecule has 0 saturated carbocycles. The second-order valence-electron chi connectivity index (χ2n) is 4.62. The predicted molar refractivity (Wildman–Crippen MR) is 81.0 cm³/mol. The zero-order chi connectivity index (χ0) is 15.7. The summed E-state index contributed by atoms with van der Waals surface area (Å²) in [5.74, 6) is -1.10. The third-order valence-electron chi connectivity index (χ3n) is 3.15. The number of carboxylic acid groups (broad SMARTS) is 1. The van der Waals surface area contributed by atoms with Crippen molar-refractivity contribution in [3.63, 3.8) is 0 Å². The fourth-order valence-electron chi connectivity index (χ4n) is 2.07. The van der Waals surface area contributed by atoms with Crippen molar-refractivity contribution in [2.24, 2.45) is 5.16 Å². The molecule has 0 aliphatic carbocycles. The van der Waals surface area contributed by atoms with Crippen LogP contribution in [0.5, 0.6) is 0 Å². The standard InChI is InChI=1S/C15H10BrFN2O3/c16-10-4-5-11(12(17)7-10)14-18-13(19-22-14)8-2-1-3-9(6-8)15(20)21/h1-7,14H,(H,18,19)(H,20,21). The molecule has 1 aliphatic heterocycles. The number of amidine groups is 1. The molecular formula is C15H10BrFN2O3. The summed E-state index contributed by atoms with van der Waals surface area (Å²) in [6, 6.07) is 10.9. The maximum absolute atomic E-state index is 13.9. The van der Waals surface area contributed by atoms with Crippen molar-refractivity contribution in [3.8, 4) is 0 Å². The Morgan fingerprint density at radius 1 is 1.32 bits per heavy atom. The average Bonchev–Trinajstić information content (AvgIpc) is 2.97. The summed E-state index contributed by atoms with van der Waals surface area (Å²) in [5.41, 5.74) is 1.01. The number of hydrogen-bond donors (Lipinski definition) is 2. The quantitative estimate of drug-likeness (QED) is 0.876. The van der Waals surface area contributed by atoms with Crippen LogP contribution in [0, 0.1) is 5.82 Å². The number of aromatic carboxylic acids is 1. The highest BCUT2D eigenvalue weighted by molar-refractivity contribution is 9.10. The van der Waals surface area contributed by atoms with Gasteiger partial charge in [0, 0.05) is 10.0 Å². The average molecular weight is 365 g/mol. The number of rotatable bonds is 3. The Labute approximate surface area is 133 Å². The first-order chi connectivity index (χ1) is 10.5. The molecule has 3 rings (SSSR count). The maximum Gasteiger partial charge on any atom is 0.335 e. The van der Waals surface area contributed by atoms with Crippen LogP contribution in [-0.4, -0.2) is 16.9 Å². The van der Waals surface area contributed by atoms with Gasteiger partial charge in [0.2, 0.25) is 6.23 Å². The largest absolute Gasteiger partial charge is 0.478 e. The van der Waals surface area contributed by atoms with Crippen molar-refractivity contribution >= 4 is 27.7 Å². The van der Waals surface area contributed by atoms with Gasteiger partial charge in [0.15, 0.2) is 5.84 Å². The van der Waals surface area contributed by atoms with Crippen molar-refractivity contribution in [2.75, 3.05) is 0 Å². The highest BCUT2D eigenvalue weighted by atomic mass is 79.9. The summed E-state index contributed by atoms with van der Waals surface area (Å²) in [7, 11) is 0. The molecule has 0 radical (unpaired) electrons. The molecule has 1 unspecified atom stereocenters. The Balaban J connectivity index is 1.82. The molecule has 0 spiro atoms. The molecule has 2 aromatic rings. The van der Waals surface area contributed by atoms with E-state index in [2.05, 4.69) is 26.4 Å². The lowest BCUT2D eigenvalue weighted by atomic mass is 10.1. The molecule has 0 aromatic heterocycles. The first-order valence-electron chi connectivity index (χ1n) is 6.33. The van der Waals surface area contributed by atoms with Crippen molar-refractivity contribution in [1.82, 2.24) is 5.32 Å². The number of nitrogens with zero attached hydrogens (tertiary/aromatic N) is 1. The van der Waals surface area contributed by atoms with Crippen molar-refractivity contribution in [1.29, 1.82) is 0 Å². The molecule has 0 saturated heterocycles. The fourth-order valence-corrected chi connectivity index (χ4v) is 2.40. The second kappa shape index (κ2) is 5.76. The summed E-state index contributed by atoms with van der Waals surface area (Å²) >= 11 is 3.19. The molecule has 0 bridgehead atoms. The Hall–Kier alpha value is -2.41. The van der Waals surface area contributed by atoms with Crippen LogP contribution in [0.15, 0.2) is 52.1 Å². The molecule has 1 aliphatic rings. The molecule has 5 nitrogen and oxygen atoms in total. The number of hydrogen-bond acceptors (Lipinski definition) is 4. The minimum Gasteiger partial charge on any atom is -0.478 e. The Kier molecular flexibility index (Phi) is 3.81. The lowest BCUT2D eigenvalue weighted by Gasteiger charge is -2.11. The summed E-state index contributed by atoms with van der Waals surface area (Å²) < 4.78 is 14.6. The van der Waals surface area contributed by atoms with E-state index in [4.69, 9.17) is 9.94 Å². The van der Waals surface area contributed by atoms with Gasteiger partial charge in [-0.1, -0.05) is 33.2 Å². The lowest BCUT2D eigenvalue weighted by Crippen LogP contribution is -2.24. The summed E-state index contributed by atoms with van der Waals surface area (Å²) in [6.07, 6.45) is -0.753. The molecule has 0 fully saturated rings. The topological polar surface area (TPSA) is 70.9 Å². The van der Waals surface area contributed by atoms with Gasteiger partial charge in [0.05, 0.1) is 11.1 Å². The van der Waals surface area contributed by atoms with Gasteiger partial charge in [-0.15, -0.1) is 0 Å². The lowest BCUT2D eigenvalue weighted by molar-refractivity contribution is 0.0695. The third kappa shape index (κ3) is 2.80. The van der Waals surface area contributed by atoms with Gasteiger partial charge in [-0.05, 0) is 30.3 Å². The monoisotopic (exact) mass is 364 g/mol. The van der Waals surface area contributed by atoms with Crippen molar-refractivity contribution < 1.29 is 19.1 Å². The highest BCUT2D eigenvalue weighted by Crippen LogP contribution is 2.25. The van der Waals surface area contributed by atoms with Gasteiger partial charge >= 0.3 is 5.97 Å². The SMILES string of the molecule is O=C(O)c1cccc(C2=NOC(c3ccc(Br)cc3F)N2)c1. The van der Waals surface area contributed by atoms with Crippen LogP contribution in [0.2, 0.25) is 0 Å². The molecule has 1 heterocycles. The predicted octanol–water partition coefficient (Wildman–Crippen LogP) is 3.27. The number of halogens is 2. The molecule has 1 atom stereocenters. The van der Waals surface area contributed by atoms with E-state index in [0.29, 0.717) is 21.4 Å². The van der Waals surface area contributed by atoms with E-state index in [-0.39, 0.29) is 5.56 Å². The van der Waals surface area contributed by atoms with E-state index in [1.807, 2.05) is 0 Å². The summed E-state index contributed by atoms with van der Waals surface area (Å²) in [4.78, 5) is 16.2. The van der Waals surface area contributed by atoms with E-state index in [1.54, 1.807) is 24.3 Å². The van der Waals surface area contributed by atoms with Crippen LogP contribution < -0.4 is 5.32 Å². The smallest absolute Gasteiger partial charge is 0.335 e. The van der Waals surface area contributed by atoms with E-state index in [9.17, 15) is 9.18 Å². The molecule has 0 amide bonds. The summed E-state index contributed by atoms with van der Waals surface area (Å²) in [6.45, 7) is 0. The second-order valence-corrected chi connectivity index (χ2v) is 5.54. The number of benzene rings is 2. The Morgan fingerprint density at radius 2 is 2.14 bits per heavy atom. The normalized spacial score (nSPS) is 16.6. The molecular weight excluding hydrogens is 355 g/mol. The molecule has 2 N–H and O–H groups in total. The van der Waals surface area contributed by atoms with Gasteiger partial charge in [-0.25, -0.2) is 9.18 Å². The van der Waals surface area contributed by atoms with Crippen LogP contribution in [0.1, 0.15) is 27.7 Å². The first kappa shape index (κ1) is 14.5. The van der Waals surface area contributed by atoms with E-state index < -0.39 is 18.0 Å². The number of oxime groups is 1. The van der Waals surface area contributed by atoms with Crippen LogP contribution in [0.4, 0.5) is 4.39 Å². The molecule has 7 heteroatoms. The van der Waals surface area contributed by atoms with Crippen LogP contribution >= 0.6 is 15.9 Å². The van der Waals surface area contributed by atoms with E-state index in [0.717, 1.165) is 0 Å². The van der Waals surface area contributed by atoms with Crippen LogP contribution in [0.25, 0.3) is 0 Å². The minimum absolute atomic E-state index is 0.139. The van der Waals surface area contributed by atoms with Gasteiger partial charge in [-0.2, -0.15) is 0 Å². The number of carboxylic acids is 1. The molecule has 22 heavy (non-hydrogen) atoms. The maximum atomic E-state index is 13.9. The van der Waals surface area contributed by atoms with Crippen LogP contribution in [0.3, 0.4) is 0 Å². The van der Waals surface area contributed by atoms with Gasteiger partial charge in [0.1, 0.15) is 5.82 Å². The summed E-state index contributed by atoms with van der Waals surface area (Å²) in [5, 5.41) is 15.8. The first-order valence-corrected chi connectivity index (χ1v) is 7.13. The molecule has 112 valence electrons. The number of nitrogens with one attached hydrogen (secondary N) is 1. The van der Waals surface area contributed by atoms with Crippen molar-refractivity contribution in [2.45, 2.75) is 6.23 Å². The fraction of sp³-hybridized carbons (Fsp3) is 0.0667. The Bertz CT molecular complexity index is 779. The minimum atomic E-state index is -1.03. The zero-order valence-corrected chi connectivity index (χ0v) is 12.7. The van der Waals surface area contributed by atoms with Crippen molar-refractivity contribution in [3.05, 3.63) is 69.4 Å². The van der Waals surface area contributed by atoms with Gasteiger partial charge in [0.25, 0.3) is 0 Å². The molecule has 2 aromatic carbocycles. The zero-order valence-electron chi connectivity index (χ0n) is 11.1. The third-order valence-corrected chi connectivity index (χ3v) is 3.64. The number of carbonyl (C=O) groups is 1. The van der Waals surface area contributed by atoms with Gasteiger partial charge < -0.3 is 15.3 Å². The van der Waals surface area contributed by atoms with E-state index >= 15 is 0 Å². The Morgan fingerprint density at radius 3 is 2.86 bits per heavy atom. The van der Waals surface area contributed by atoms with Gasteiger partial charge in [-0.3, -0.25) is 0 Å². The van der Waals surface area contributed by atoms with E-state index in [1.165, 1.54) is 18.2 Å². The van der Waals surface area contributed by atoms with Crippen LogP contribution in [-0.2, 0) is 4.84 Å². The highest BCUT2D eigenvalue weighted by Gasteiger charge is 2.25.